The molecule has 0 bridgehead atoms. The molecule has 0 aliphatic heterocycles. The summed E-state index contributed by atoms with van der Waals surface area (Å²) < 4.78 is 29.9. The van der Waals surface area contributed by atoms with E-state index in [9.17, 15) is 18.0 Å². The van der Waals surface area contributed by atoms with Crippen molar-refractivity contribution in [3.63, 3.8) is 0 Å². The SMILES string of the molecule is CC(=O)N(O)c1ccc(S(=O)(=O)O)c(=O)[nH]1. The van der Waals surface area contributed by atoms with Gasteiger partial charge in [0.1, 0.15) is 5.82 Å². The molecule has 3 N–H and O–H groups in total. The zero-order valence-electron chi connectivity index (χ0n) is 8.04. The van der Waals surface area contributed by atoms with Gasteiger partial charge < -0.3 is 4.98 Å². The van der Waals surface area contributed by atoms with E-state index in [2.05, 4.69) is 0 Å². The van der Waals surface area contributed by atoms with Gasteiger partial charge in [0.05, 0.1) is 0 Å². The van der Waals surface area contributed by atoms with Gasteiger partial charge in [-0.3, -0.25) is 19.3 Å². The fraction of sp³-hybridized carbons (Fsp3) is 0.143. The van der Waals surface area contributed by atoms with E-state index in [1.807, 2.05) is 4.98 Å². The maximum Gasteiger partial charge on any atom is 0.300 e. The summed E-state index contributed by atoms with van der Waals surface area (Å²) in [4.78, 5) is 22.9. The van der Waals surface area contributed by atoms with Crippen LogP contribution in [0.3, 0.4) is 0 Å². The Hall–Kier alpha value is -1.71. The molecule has 9 heteroatoms. The van der Waals surface area contributed by atoms with Gasteiger partial charge in [0.15, 0.2) is 4.90 Å². The molecule has 88 valence electrons. The number of aromatic amines is 1. The summed E-state index contributed by atoms with van der Waals surface area (Å²) in [7, 11) is -4.63. The number of pyridine rings is 1. The van der Waals surface area contributed by atoms with E-state index in [1.54, 1.807) is 0 Å². The lowest BCUT2D eigenvalue weighted by Gasteiger charge is -2.11. The summed E-state index contributed by atoms with van der Waals surface area (Å²) in [6.45, 7) is 1.04. The van der Waals surface area contributed by atoms with Crippen LogP contribution in [0.2, 0.25) is 0 Å². The van der Waals surface area contributed by atoms with Crippen molar-refractivity contribution in [2.24, 2.45) is 0 Å². The molecule has 0 fully saturated rings. The van der Waals surface area contributed by atoms with E-state index in [0.717, 1.165) is 19.1 Å². The van der Waals surface area contributed by atoms with Crippen LogP contribution in [0.15, 0.2) is 21.8 Å². The van der Waals surface area contributed by atoms with Gasteiger partial charge in [-0.05, 0) is 12.1 Å². The van der Waals surface area contributed by atoms with Crippen LogP contribution in [-0.4, -0.2) is 29.1 Å². The number of carbonyl (C=O) groups excluding carboxylic acids is 1. The van der Waals surface area contributed by atoms with Crippen molar-refractivity contribution < 1.29 is 23.0 Å². The number of anilines is 1. The second-order valence-electron chi connectivity index (χ2n) is 2.84. The quantitative estimate of drug-likeness (QED) is 0.363. The van der Waals surface area contributed by atoms with Crippen molar-refractivity contribution in [1.29, 1.82) is 0 Å². The average Bonchev–Trinajstić information content (AvgIpc) is 2.14. The third-order valence-corrected chi connectivity index (χ3v) is 2.54. The van der Waals surface area contributed by atoms with E-state index in [1.165, 1.54) is 0 Å². The molecule has 0 saturated heterocycles. The normalized spacial score (nSPS) is 11.2. The lowest BCUT2D eigenvalue weighted by Crippen LogP contribution is -2.28. The molecule has 1 rings (SSSR count). The van der Waals surface area contributed by atoms with Gasteiger partial charge in [0.2, 0.25) is 5.91 Å². The first kappa shape index (κ1) is 12.4. The van der Waals surface area contributed by atoms with Gasteiger partial charge in [0.25, 0.3) is 15.7 Å². The minimum atomic E-state index is -4.63. The summed E-state index contributed by atoms with van der Waals surface area (Å²) in [5, 5.41) is 9.25. The van der Waals surface area contributed by atoms with Crippen LogP contribution >= 0.6 is 0 Å². The average molecular weight is 248 g/mol. The number of amides is 1. The number of H-pyrrole nitrogens is 1. The lowest BCUT2D eigenvalue weighted by molar-refractivity contribution is -0.121. The predicted octanol–water partition coefficient (Wildman–Crippen LogP) is -0.636. The number of hydrogen-bond donors (Lipinski definition) is 3. The van der Waals surface area contributed by atoms with Crippen molar-refractivity contribution >= 4 is 21.8 Å². The Morgan fingerprint density at radius 3 is 2.38 bits per heavy atom. The van der Waals surface area contributed by atoms with Gasteiger partial charge >= 0.3 is 0 Å². The first-order valence-electron chi connectivity index (χ1n) is 3.94. The van der Waals surface area contributed by atoms with Gasteiger partial charge in [0, 0.05) is 6.92 Å². The summed E-state index contributed by atoms with van der Waals surface area (Å²) in [5.74, 6) is -1.07. The fourth-order valence-electron chi connectivity index (χ4n) is 0.946. The molecule has 1 aromatic rings. The second-order valence-corrected chi connectivity index (χ2v) is 4.23. The summed E-state index contributed by atoms with van der Waals surface area (Å²) >= 11 is 0. The Balaban J connectivity index is 3.31. The van der Waals surface area contributed by atoms with E-state index in [0.29, 0.717) is 0 Å². The van der Waals surface area contributed by atoms with E-state index in [-0.39, 0.29) is 10.9 Å². The van der Waals surface area contributed by atoms with Crippen molar-refractivity contribution in [1.82, 2.24) is 4.98 Å². The molecule has 16 heavy (non-hydrogen) atoms. The van der Waals surface area contributed by atoms with Crippen LogP contribution < -0.4 is 10.6 Å². The highest BCUT2D eigenvalue weighted by Crippen LogP contribution is 2.09. The number of aromatic nitrogens is 1. The number of nitrogens with zero attached hydrogens (tertiary/aromatic N) is 1. The number of hydrogen-bond acceptors (Lipinski definition) is 5. The smallest absolute Gasteiger partial charge is 0.300 e. The molecule has 0 saturated carbocycles. The second kappa shape index (κ2) is 4.04. The summed E-state index contributed by atoms with van der Waals surface area (Å²) in [6, 6.07) is 1.74. The monoisotopic (exact) mass is 248 g/mol. The molecule has 0 radical (unpaired) electrons. The highest BCUT2D eigenvalue weighted by atomic mass is 32.2. The first-order chi connectivity index (χ1) is 7.23. The predicted molar refractivity (Wildman–Crippen MR) is 51.8 cm³/mol. The molecule has 0 aliphatic rings. The van der Waals surface area contributed by atoms with Crippen LogP contribution in [0.25, 0.3) is 0 Å². The maximum absolute atomic E-state index is 11.2. The molecular weight excluding hydrogens is 240 g/mol. The highest BCUT2D eigenvalue weighted by molar-refractivity contribution is 7.85. The van der Waals surface area contributed by atoms with Crippen molar-refractivity contribution in [3.05, 3.63) is 22.5 Å². The topological polar surface area (TPSA) is 128 Å². The Kier molecular flexibility index (Phi) is 3.12. The van der Waals surface area contributed by atoms with Crippen LogP contribution in [0.1, 0.15) is 6.92 Å². The van der Waals surface area contributed by atoms with E-state index < -0.39 is 26.5 Å². The van der Waals surface area contributed by atoms with Crippen LogP contribution in [0, 0.1) is 0 Å². The van der Waals surface area contributed by atoms with Crippen molar-refractivity contribution in [3.8, 4) is 0 Å². The molecule has 0 aliphatic carbocycles. The minimum absolute atomic E-state index is 0.134. The number of carbonyl (C=O) groups is 1. The Labute approximate surface area is 89.8 Å². The highest BCUT2D eigenvalue weighted by Gasteiger charge is 2.17. The number of rotatable bonds is 2. The number of nitrogens with one attached hydrogen (secondary N) is 1. The Morgan fingerprint density at radius 2 is 2.00 bits per heavy atom. The molecule has 0 atom stereocenters. The van der Waals surface area contributed by atoms with Gasteiger partial charge in [-0.25, -0.2) is 0 Å². The fourth-order valence-corrected chi connectivity index (χ4v) is 1.47. The number of hydroxylamine groups is 1. The largest absolute Gasteiger partial charge is 0.305 e. The molecule has 0 spiro atoms. The first-order valence-corrected chi connectivity index (χ1v) is 5.38. The third kappa shape index (κ3) is 2.45. The van der Waals surface area contributed by atoms with Gasteiger partial charge in [-0.15, -0.1) is 0 Å². The van der Waals surface area contributed by atoms with Gasteiger partial charge in [-0.2, -0.15) is 13.5 Å². The molecule has 8 nitrogen and oxygen atoms in total. The Morgan fingerprint density at radius 1 is 1.44 bits per heavy atom. The summed E-state index contributed by atoms with van der Waals surface area (Å²) in [5.41, 5.74) is -1.14. The standard InChI is InChI=1S/C7H8N2O6S/c1-4(10)9(12)6-3-2-5(7(11)8-6)16(13,14)15/h2-3,12H,1H3,(H,8,11)(H,13,14,15). The molecule has 0 aromatic carbocycles. The van der Waals surface area contributed by atoms with Gasteiger partial charge in [-0.1, -0.05) is 0 Å². The van der Waals surface area contributed by atoms with Crippen molar-refractivity contribution in [2.75, 3.05) is 5.06 Å². The summed E-state index contributed by atoms with van der Waals surface area (Å²) in [6.07, 6.45) is 0. The molecule has 1 amide bonds. The molecule has 1 heterocycles. The van der Waals surface area contributed by atoms with Crippen LogP contribution in [-0.2, 0) is 14.9 Å². The Bertz CT molecular complexity index is 575. The van der Waals surface area contributed by atoms with E-state index in [4.69, 9.17) is 9.76 Å². The zero-order valence-corrected chi connectivity index (χ0v) is 8.85. The molecule has 0 unspecified atom stereocenters. The maximum atomic E-state index is 11.2. The zero-order chi connectivity index (χ0) is 12.5. The minimum Gasteiger partial charge on any atom is -0.305 e. The van der Waals surface area contributed by atoms with Crippen molar-refractivity contribution in [2.45, 2.75) is 11.8 Å². The van der Waals surface area contributed by atoms with Crippen LogP contribution in [0.5, 0.6) is 0 Å². The van der Waals surface area contributed by atoms with Crippen LogP contribution in [0.4, 0.5) is 5.82 Å². The lowest BCUT2D eigenvalue weighted by atomic mass is 10.4. The molecular formula is C7H8N2O6S. The third-order valence-electron chi connectivity index (χ3n) is 1.66. The van der Waals surface area contributed by atoms with E-state index >= 15 is 0 Å². The molecule has 1 aromatic heterocycles.